The van der Waals surface area contributed by atoms with Gasteiger partial charge in [0.15, 0.2) is 0 Å². The lowest BCUT2D eigenvalue weighted by Gasteiger charge is -2.27. The van der Waals surface area contributed by atoms with Crippen LogP contribution in [0.5, 0.6) is 0 Å². The number of aryl methyl sites for hydroxylation is 1. The van der Waals surface area contributed by atoms with Crippen LogP contribution in [0.3, 0.4) is 0 Å². The number of ether oxygens (including phenoxy) is 2. The smallest absolute Gasteiger partial charge is 0.111 e. The molecule has 1 N–H and O–H groups in total. The molecular formula is C12H20N2O3. The van der Waals surface area contributed by atoms with Gasteiger partial charge in [0.1, 0.15) is 11.9 Å². The van der Waals surface area contributed by atoms with E-state index in [4.69, 9.17) is 9.47 Å². The van der Waals surface area contributed by atoms with Gasteiger partial charge in [-0.3, -0.25) is 0 Å². The van der Waals surface area contributed by atoms with Crippen LogP contribution in [0.2, 0.25) is 0 Å². The lowest BCUT2D eigenvalue weighted by Crippen LogP contribution is -2.40. The molecule has 1 aliphatic heterocycles. The lowest BCUT2D eigenvalue weighted by molar-refractivity contribution is -0.131. The minimum atomic E-state index is -0.548. The number of hydrogen-bond acceptors (Lipinski definition) is 4. The Bertz CT molecular complexity index is 334. The zero-order valence-corrected chi connectivity index (χ0v) is 10.2. The SMILES string of the molecule is CCCn1ccnc1CC(O)C1COCCO1. The highest BCUT2D eigenvalue weighted by atomic mass is 16.6. The summed E-state index contributed by atoms with van der Waals surface area (Å²) in [5.74, 6) is 0.911. The summed E-state index contributed by atoms with van der Waals surface area (Å²) in [5.41, 5.74) is 0. The van der Waals surface area contributed by atoms with Crippen LogP contribution >= 0.6 is 0 Å². The van der Waals surface area contributed by atoms with Gasteiger partial charge in [-0.1, -0.05) is 6.92 Å². The quantitative estimate of drug-likeness (QED) is 0.819. The van der Waals surface area contributed by atoms with E-state index < -0.39 is 6.10 Å². The summed E-state index contributed by atoms with van der Waals surface area (Å²) < 4.78 is 12.8. The van der Waals surface area contributed by atoms with E-state index in [1.165, 1.54) is 0 Å². The highest BCUT2D eigenvalue weighted by Gasteiger charge is 2.24. The number of hydrogen-bond donors (Lipinski definition) is 1. The number of imidazole rings is 1. The monoisotopic (exact) mass is 240 g/mol. The molecule has 0 saturated carbocycles. The molecule has 0 amide bonds. The maximum absolute atomic E-state index is 10.1. The molecule has 96 valence electrons. The number of rotatable bonds is 5. The fourth-order valence-corrected chi connectivity index (χ4v) is 2.02. The van der Waals surface area contributed by atoms with Crippen LogP contribution in [0.4, 0.5) is 0 Å². The number of nitrogens with zero attached hydrogens (tertiary/aromatic N) is 2. The lowest BCUT2D eigenvalue weighted by atomic mass is 10.1. The van der Waals surface area contributed by atoms with Crippen LogP contribution < -0.4 is 0 Å². The van der Waals surface area contributed by atoms with Gasteiger partial charge < -0.3 is 19.1 Å². The van der Waals surface area contributed by atoms with Crippen molar-refractivity contribution in [2.75, 3.05) is 19.8 Å². The van der Waals surface area contributed by atoms with Crippen molar-refractivity contribution >= 4 is 0 Å². The molecule has 0 spiro atoms. The van der Waals surface area contributed by atoms with E-state index in [1.54, 1.807) is 6.20 Å². The summed E-state index contributed by atoms with van der Waals surface area (Å²) in [7, 11) is 0. The average molecular weight is 240 g/mol. The molecular weight excluding hydrogens is 220 g/mol. The van der Waals surface area contributed by atoms with Crippen molar-refractivity contribution in [1.82, 2.24) is 9.55 Å². The third-order valence-electron chi connectivity index (χ3n) is 2.93. The Kier molecular flexibility index (Phi) is 4.53. The Morgan fingerprint density at radius 2 is 2.47 bits per heavy atom. The van der Waals surface area contributed by atoms with Crippen LogP contribution in [0.25, 0.3) is 0 Å². The largest absolute Gasteiger partial charge is 0.390 e. The first-order chi connectivity index (χ1) is 8.31. The Morgan fingerprint density at radius 3 is 3.18 bits per heavy atom. The fraction of sp³-hybridized carbons (Fsp3) is 0.750. The van der Waals surface area contributed by atoms with Crippen LogP contribution in [-0.4, -0.2) is 46.7 Å². The second-order valence-corrected chi connectivity index (χ2v) is 4.29. The molecule has 17 heavy (non-hydrogen) atoms. The standard InChI is InChI=1S/C12H20N2O3/c1-2-4-14-5-3-13-12(14)8-10(15)11-9-16-6-7-17-11/h3,5,10-11,15H,2,4,6-9H2,1H3. The van der Waals surface area contributed by atoms with Crippen molar-refractivity contribution in [2.24, 2.45) is 0 Å². The zero-order chi connectivity index (χ0) is 12.1. The van der Waals surface area contributed by atoms with Crippen molar-refractivity contribution < 1.29 is 14.6 Å². The molecule has 5 nitrogen and oxygen atoms in total. The van der Waals surface area contributed by atoms with E-state index in [9.17, 15) is 5.11 Å². The summed E-state index contributed by atoms with van der Waals surface area (Å²) >= 11 is 0. The number of aliphatic hydroxyl groups excluding tert-OH is 1. The maximum atomic E-state index is 10.1. The predicted octanol–water partition coefficient (Wildman–Crippen LogP) is 0.612. The third kappa shape index (κ3) is 3.28. The van der Waals surface area contributed by atoms with Gasteiger partial charge in [0.2, 0.25) is 0 Å². The highest BCUT2D eigenvalue weighted by molar-refractivity contribution is 4.95. The van der Waals surface area contributed by atoms with E-state index in [0.29, 0.717) is 26.2 Å². The van der Waals surface area contributed by atoms with Gasteiger partial charge >= 0.3 is 0 Å². The van der Waals surface area contributed by atoms with Crippen LogP contribution in [-0.2, 0) is 22.4 Å². The topological polar surface area (TPSA) is 56.5 Å². The maximum Gasteiger partial charge on any atom is 0.111 e. The molecule has 1 aliphatic rings. The van der Waals surface area contributed by atoms with Crippen LogP contribution in [0.1, 0.15) is 19.2 Å². The van der Waals surface area contributed by atoms with Gasteiger partial charge in [-0.2, -0.15) is 0 Å². The van der Waals surface area contributed by atoms with E-state index in [-0.39, 0.29) is 6.10 Å². The molecule has 0 radical (unpaired) electrons. The summed E-state index contributed by atoms with van der Waals surface area (Å²) in [6.45, 7) is 4.71. The predicted molar refractivity (Wildman–Crippen MR) is 62.8 cm³/mol. The van der Waals surface area contributed by atoms with Crippen molar-refractivity contribution in [3.63, 3.8) is 0 Å². The van der Waals surface area contributed by atoms with E-state index >= 15 is 0 Å². The average Bonchev–Trinajstić information content (AvgIpc) is 2.78. The van der Waals surface area contributed by atoms with Gasteiger partial charge in [0.25, 0.3) is 0 Å². The Morgan fingerprint density at radius 1 is 1.59 bits per heavy atom. The minimum Gasteiger partial charge on any atom is -0.390 e. The Balaban J connectivity index is 1.92. The van der Waals surface area contributed by atoms with Crippen molar-refractivity contribution in [3.8, 4) is 0 Å². The van der Waals surface area contributed by atoms with Gasteiger partial charge in [0.05, 0.1) is 25.9 Å². The molecule has 1 aromatic heterocycles. The Labute approximate surface area is 101 Å². The van der Waals surface area contributed by atoms with E-state index in [0.717, 1.165) is 18.8 Å². The van der Waals surface area contributed by atoms with E-state index in [1.807, 2.05) is 6.20 Å². The van der Waals surface area contributed by atoms with Crippen molar-refractivity contribution in [2.45, 2.75) is 38.5 Å². The summed E-state index contributed by atoms with van der Waals surface area (Å²) in [5, 5.41) is 10.1. The number of aliphatic hydroxyl groups is 1. The first-order valence-corrected chi connectivity index (χ1v) is 6.18. The molecule has 1 fully saturated rings. The van der Waals surface area contributed by atoms with E-state index in [2.05, 4.69) is 16.5 Å². The molecule has 0 aliphatic carbocycles. The molecule has 0 aromatic carbocycles. The van der Waals surface area contributed by atoms with Crippen molar-refractivity contribution in [3.05, 3.63) is 18.2 Å². The van der Waals surface area contributed by atoms with Gasteiger partial charge in [-0.05, 0) is 6.42 Å². The molecule has 2 unspecified atom stereocenters. The molecule has 1 aromatic rings. The second-order valence-electron chi connectivity index (χ2n) is 4.29. The molecule has 1 saturated heterocycles. The van der Waals surface area contributed by atoms with Gasteiger partial charge in [-0.25, -0.2) is 4.98 Å². The Hall–Kier alpha value is -0.910. The van der Waals surface area contributed by atoms with Crippen molar-refractivity contribution in [1.29, 1.82) is 0 Å². The second kappa shape index (κ2) is 6.14. The molecule has 0 bridgehead atoms. The molecule has 2 atom stereocenters. The normalized spacial score (nSPS) is 22.6. The third-order valence-corrected chi connectivity index (χ3v) is 2.93. The summed E-state index contributed by atoms with van der Waals surface area (Å²) in [4.78, 5) is 4.28. The summed E-state index contributed by atoms with van der Waals surface area (Å²) in [6.07, 6.45) is 4.52. The number of aromatic nitrogens is 2. The summed E-state index contributed by atoms with van der Waals surface area (Å²) in [6, 6.07) is 0. The highest BCUT2D eigenvalue weighted by Crippen LogP contribution is 2.11. The molecule has 2 rings (SSSR count). The fourth-order valence-electron chi connectivity index (χ4n) is 2.02. The molecule has 5 heteroatoms. The zero-order valence-electron chi connectivity index (χ0n) is 10.2. The minimum absolute atomic E-state index is 0.226. The molecule has 2 heterocycles. The first-order valence-electron chi connectivity index (χ1n) is 6.18. The van der Waals surface area contributed by atoms with Crippen LogP contribution in [0, 0.1) is 0 Å². The van der Waals surface area contributed by atoms with Crippen LogP contribution in [0.15, 0.2) is 12.4 Å². The van der Waals surface area contributed by atoms with Gasteiger partial charge in [0, 0.05) is 25.4 Å². The van der Waals surface area contributed by atoms with Gasteiger partial charge in [-0.15, -0.1) is 0 Å². The first kappa shape index (κ1) is 12.5.